The van der Waals surface area contributed by atoms with Crippen molar-refractivity contribution in [1.82, 2.24) is 80.7 Å². The molecule has 0 spiro atoms. The minimum Gasteiger partial charge on any atom is -0.389 e. The molecule has 8 aromatic rings. The summed E-state index contributed by atoms with van der Waals surface area (Å²) in [4.78, 5) is 146. The number of rotatable bonds is 30. The van der Waals surface area contributed by atoms with E-state index in [0.717, 1.165) is 149 Å². The van der Waals surface area contributed by atoms with Gasteiger partial charge in [0, 0.05) is 151 Å². The molecule has 8 amide bonds. The van der Waals surface area contributed by atoms with Gasteiger partial charge in [-0.25, -0.2) is 57.4 Å². The number of aliphatic hydroxyl groups is 4. The number of likely N-dealkylation sites (tertiary alicyclic amines) is 4. The summed E-state index contributed by atoms with van der Waals surface area (Å²) in [7, 11) is 0. The van der Waals surface area contributed by atoms with E-state index in [1.807, 2.05) is 26.0 Å². The number of carbonyl (C=O) groups excluding carboxylic acids is 8. The Morgan fingerprint density at radius 1 is 0.361 bits per heavy atom. The van der Waals surface area contributed by atoms with E-state index in [9.17, 15) is 103 Å². The van der Waals surface area contributed by atoms with Gasteiger partial charge in [0.05, 0.1) is 53.0 Å². The maximum atomic E-state index is 14.1. The van der Waals surface area contributed by atoms with Gasteiger partial charge in [-0.15, -0.1) is 45.3 Å². The molecule has 0 aromatic carbocycles. The highest BCUT2D eigenvalue weighted by atomic mass is 32.1. The molecule has 0 radical (unpaired) electrons. The van der Waals surface area contributed by atoms with Gasteiger partial charge in [-0.05, 0) is 195 Å². The highest BCUT2D eigenvalue weighted by molar-refractivity contribution is 7.18. The molecule has 6 aliphatic rings. The number of aromatic nitrogens is 8. The van der Waals surface area contributed by atoms with Gasteiger partial charge in [0.1, 0.15) is 70.7 Å². The van der Waals surface area contributed by atoms with Crippen LogP contribution in [0.1, 0.15) is 301 Å². The second-order valence-corrected chi connectivity index (χ2v) is 43.4. The molecule has 12 N–H and O–H groups in total. The fourth-order valence-corrected chi connectivity index (χ4v) is 20.3. The van der Waals surface area contributed by atoms with Crippen LogP contribution in [0.25, 0.3) is 41.8 Å². The van der Waals surface area contributed by atoms with Crippen molar-refractivity contribution < 1.29 is 103 Å². The average Bonchev–Trinajstić information content (AvgIpc) is 1.63. The number of carbonyl (C=O) groups is 8. The molecule has 2 aliphatic carbocycles. The van der Waals surface area contributed by atoms with Gasteiger partial charge in [0.15, 0.2) is 20.0 Å². The maximum absolute atomic E-state index is 14.1. The van der Waals surface area contributed by atoms with Gasteiger partial charge in [0.25, 0.3) is 47.3 Å². The SMILES string of the molecule is CC(C)(O)CNC(=O)c1nc(C(=O)N2CCC(F)CC2)c(-c2cnc(NC3CCCCC3)c(C(F)(F)F)c2)s1.CCCNc1cc(C)c(-c2sc(C(=O)NCC(C)(C)O)nc2C(=O)N2CCC(F)CC2)cn1.CCCNc1ncc(-c2sc(C(=O)NCC(C)(C)O)nc2C(=O)N2CCC(F)CC2)cc1C(F)(F)F.Cc1cc(NC2CCCCC2)ncc1-c1sc(C(=O)NCC(C)(C)O)nc1C(=O)N1CCC(F)CC1. The molecule has 144 heavy (non-hydrogen) atoms. The third-order valence-corrected chi connectivity index (χ3v) is 28.7. The van der Waals surface area contributed by atoms with E-state index in [-0.39, 0.29) is 178 Å². The van der Waals surface area contributed by atoms with Crippen molar-refractivity contribution in [2.75, 3.05) is 113 Å². The topological polar surface area (TPSA) is 430 Å². The van der Waals surface area contributed by atoms with E-state index in [1.54, 1.807) is 56.8 Å². The van der Waals surface area contributed by atoms with Crippen molar-refractivity contribution in [3.63, 3.8) is 0 Å². The van der Waals surface area contributed by atoms with Crippen molar-refractivity contribution in [3.05, 3.63) is 114 Å². The molecule has 4 aliphatic heterocycles. The van der Waals surface area contributed by atoms with Crippen LogP contribution in [0.15, 0.2) is 49.1 Å². The first-order chi connectivity index (χ1) is 67.8. The summed E-state index contributed by atoms with van der Waals surface area (Å²) in [6, 6.07) is 5.99. The lowest BCUT2D eigenvalue weighted by atomic mass is 9.95. The predicted molar refractivity (Wildman–Crippen MR) is 534 cm³/mol. The first-order valence-electron chi connectivity index (χ1n) is 48.7. The highest BCUT2D eigenvalue weighted by Gasteiger charge is 2.42. The molecule has 4 saturated heterocycles. The summed E-state index contributed by atoms with van der Waals surface area (Å²) in [5.41, 5.74) is -3.32. The smallest absolute Gasteiger partial charge is 0.389 e. The molecule has 12 heterocycles. The summed E-state index contributed by atoms with van der Waals surface area (Å²) < 4.78 is 138. The van der Waals surface area contributed by atoms with Crippen LogP contribution in [-0.2, 0) is 12.4 Å². The Balaban J connectivity index is 0.000000183. The first-order valence-corrected chi connectivity index (χ1v) is 52.0. The van der Waals surface area contributed by atoms with Gasteiger partial charge in [-0.1, -0.05) is 52.4 Å². The Morgan fingerprint density at radius 3 is 0.944 bits per heavy atom. The summed E-state index contributed by atoms with van der Waals surface area (Å²) >= 11 is 3.77. The number of pyridine rings is 4. The van der Waals surface area contributed by atoms with Crippen LogP contribution in [0.3, 0.4) is 0 Å². The second-order valence-electron chi connectivity index (χ2n) is 39.5. The molecule has 0 atom stereocenters. The summed E-state index contributed by atoms with van der Waals surface area (Å²) in [6.45, 7) is 22.9. The normalized spacial score (nSPS) is 16.5. The van der Waals surface area contributed by atoms with Crippen LogP contribution >= 0.6 is 45.3 Å². The van der Waals surface area contributed by atoms with Crippen LogP contribution in [0, 0.1) is 13.8 Å². The number of piperidine rings is 4. The van der Waals surface area contributed by atoms with Crippen molar-refractivity contribution in [1.29, 1.82) is 0 Å². The third kappa shape index (κ3) is 32.6. The zero-order chi connectivity index (χ0) is 105. The molecule has 2 saturated carbocycles. The lowest BCUT2D eigenvalue weighted by Gasteiger charge is -2.28. The fourth-order valence-electron chi connectivity index (χ4n) is 16.3. The van der Waals surface area contributed by atoms with Crippen LogP contribution in [0.5, 0.6) is 0 Å². The molecule has 32 nitrogen and oxygen atoms in total. The number of nitrogens with zero attached hydrogens (tertiary/aromatic N) is 12. The zero-order valence-electron chi connectivity index (χ0n) is 83.0. The van der Waals surface area contributed by atoms with Crippen molar-refractivity contribution in [2.45, 2.75) is 283 Å². The predicted octanol–water partition coefficient (Wildman–Crippen LogP) is 16.9. The number of thiazole rings is 4. The second kappa shape index (κ2) is 50.1. The fraction of sp³-hybridized carbons (Fsp3) is 0.592. The largest absolute Gasteiger partial charge is 0.419 e. The van der Waals surface area contributed by atoms with E-state index in [1.165, 1.54) is 69.2 Å². The molecule has 46 heteroatoms. The van der Waals surface area contributed by atoms with E-state index in [0.29, 0.717) is 74.1 Å². The molecule has 6 fully saturated rings. The van der Waals surface area contributed by atoms with Crippen LogP contribution in [-0.4, -0.2) is 278 Å². The Morgan fingerprint density at radius 2 is 0.639 bits per heavy atom. The van der Waals surface area contributed by atoms with Gasteiger partial charge in [-0.3, -0.25) is 38.4 Å². The molecular weight excluding hydrogens is 1970 g/mol. The number of alkyl halides is 10. The quantitative estimate of drug-likeness (QED) is 0.0186. The molecule has 14 rings (SSSR count). The number of nitrogens with one attached hydrogen (secondary N) is 8. The van der Waals surface area contributed by atoms with Gasteiger partial charge >= 0.3 is 12.4 Å². The van der Waals surface area contributed by atoms with Gasteiger partial charge in [0.2, 0.25) is 0 Å². The Labute approximate surface area is 846 Å². The monoisotopic (exact) mass is 2100 g/mol. The number of aryl methyl sites for hydroxylation is 2. The summed E-state index contributed by atoms with van der Waals surface area (Å²) in [5.74, 6) is -3.16. The van der Waals surface area contributed by atoms with Crippen molar-refractivity contribution >= 4 is 116 Å². The minimum atomic E-state index is -4.72. The van der Waals surface area contributed by atoms with E-state index >= 15 is 0 Å². The molecule has 8 aromatic heterocycles. The van der Waals surface area contributed by atoms with Crippen LogP contribution in [0.4, 0.5) is 67.2 Å². The summed E-state index contributed by atoms with van der Waals surface area (Å²) in [5, 5.41) is 62.4. The number of anilines is 4. The molecule has 788 valence electrons. The lowest BCUT2D eigenvalue weighted by Crippen LogP contribution is -2.39. The number of halogens is 10. The minimum absolute atomic E-state index is 0.000662. The van der Waals surface area contributed by atoms with Crippen LogP contribution in [0.2, 0.25) is 0 Å². The third-order valence-electron chi connectivity index (χ3n) is 24.3. The molecule has 0 bridgehead atoms. The van der Waals surface area contributed by atoms with Crippen molar-refractivity contribution in [2.24, 2.45) is 0 Å². The van der Waals surface area contributed by atoms with Gasteiger partial charge in [-0.2, -0.15) is 26.3 Å². The average molecular weight is 2100 g/mol. The van der Waals surface area contributed by atoms with Crippen LogP contribution < -0.4 is 42.5 Å². The standard InChI is InChI=1S/C26H33F4N5O3S.C26H36FN5O3S.C23H29F4N5O3S.C23H32FN5O3S/c1-25(2,38)14-32-22(36)23-34-19(24(37)35-10-8-16(27)9-11-35)20(39-23)15-12-18(26(28,29)30)21(31-13-15)33-17-6-4-3-5-7-17;1-16-13-20(30-18-7-5-4-6-8-18)28-14-19(16)22-21(25(34)32-11-9-17(27)10-12-32)31-24(36-22)23(33)29-15-26(2,3)35;1-4-7-28-18-15(23(25,26)27)10-13(11-29-18)17-16(21(34)32-8-5-14(24)6-9-32)31-20(36-17)19(33)30-12-22(2,3)35;1-5-8-25-17-11-14(2)16(12-26-17)19-18(22(31)29-9-6-15(24)7-10-29)28-21(33-19)20(30)27-13-23(3,4)32/h12-13,16-17,38H,3-11,14H2,1-2H3,(H,31,33)(H,32,36);13-14,17-18,35H,4-12,15H2,1-3H3,(H,28,30)(H,29,33);10-11,14,35H,4-9,12H2,1-3H3,(H,28,29)(H,30,33);11-12,15,32H,5-10,13H2,1-4H3,(H,25,26)(H,27,30). The molecule has 0 unspecified atom stereocenters. The number of hydrogen-bond acceptors (Lipinski definition) is 28. The Bertz CT molecular complexity index is 5730. The summed E-state index contributed by atoms with van der Waals surface area (Å²) in [6.07, 6.45) is 6.29. The van der Waals surface area contributed by atoms with E-state index < -0.39 is 106 Å². The zero-order valence-corrected chi connectivity index (χ0v) is 86.2. The lowest BCUT2D eigenvalue weighted by molar-refractivity contribution is -0.138. The number of hydrogen-bond donors (Lipinski definition) is 12. The van der Waals surface area contributed by atoms with E-state index in [4.69, 9.17) is 0 Å². The Hall–Kier alpha value is -10.8. The number of amides is 8. The molecular formula is C98H130F10N20O12S4. The Kier molecular flexibility index (Phi) is 39.5. The van der Waals surface area contributed by atoms with Crippen molar-refractivity contribution in [3.8, 4) is 41.8 Å². The first kappa shape index (κ1) is 114. The van der Waals surface area contributed by atoms with Gasteiger partial charge < -0.3 is 82.6 Å². The highest BCUT2D eigenvalue weighted by Crippen LogP contribution is 2.44. The van der Waals surface area contributed by atoms with E-state index in [2.05, 4.69) is 89.3 Å². The maximum Gasteiger partial charge on any atom is 0.419 e.